The molecule has 0 saturated heterocycles. The number of nitrogens with zero attached hydrogens (tertiary/aromatic N) is 5. The number of azo groups is 2. The van der Waals surface area contributed by atoms with E-state index in [1.807, 2.05) is 12.1 Å². The van der Waals surface area contributed by atoms with Crippen LogP contribution in [0, 0.1) is 18.8 Å². The van der Waals surface area contributed by atoms with E-state index in [1.54, 1.807) is 13.0 Å². The summed E-state index contributed by atoms with van der Waals surface area (Å²) in [5.41, 5.74) is 5.52. The molecular formula is C41H61N5O2S. The fourth-order valence-electron chi connectivity index (χ4n) is 6.05. The summed E-state index contributed by atoms with van der Waals surface area (Å²) < 4.78 is 5.33. The fourth-order valence-corrected chi connectivity index (χ4v) is 6.84. The lowest BCUT2D eigenvalue weighted by Crippen LogP contribution is -2.34. The summed E-state index contributed by atoms with van der Waals surface area (Å²) in [5.74, 6) is 0.935. The van der Waals surface area contributed by atoms with Gasteiger partial charge in [0.2, 0.25) is 0 Å². The third-order valence-electron chi connectivity index (χ3n) is 9.30. The largest absolute Gasteiger partial charge is 0.462 e. The van der Waals surface area contributed by atoms with E-state index in [0.717, 1.165) is 36.4 Å². The van der Waals surface area contributed by atoms with Crippen molar-refractivity contribution in [2.24, 2.45) is 32.3 Å². The number of hydrogen-bond donors (Lipinski definition) is 0. The van der Waals surface area contributed by atoms with Crippen LogP contribution in [0.15, 0.2) is 69.0 Å². The van der Waals surface area contributed by atoms with Crippen molar-refractivity contribution in [3.8, 4) is 0 Å². The first-order chi connectivity index (χ1) is 23.8. The number of unbranched alkanes of at least 4 members (excludes halogenated alkanes) is 4. The highest BCUT2D eigenvalue weighted by Gasteiger charge is 2.20. The van der Waals surface area contributed by atoms with Crippen LogP contribution in [0.5, 0.6) is 0 Å². The zero-order valence-electron chi connectivity index (χ0n) is 31.3. The molecule has 7 nitrogen and oxygen atoms in total. The molecule has 3 aromatic rings. The molecular weight excluding hydrogens is 627 g/mol. The molecule has 1 aromatic heterocycles. The molecule has 0 N–H and O–H groups in total. The van der Waals surface area contributed by atoms with Crippen molar-refractivity contribution in [2.45, 2.75) is 126 Å². The maximum absolute atomic E-state index is 12.9. The van der Waals surface area contributed by atoms with E-state index in [1.165, 1.54) is 93.2 Å². The second-order valence-corrected chi connectivity index (χ2v) is 14.3. The van der Waals surface area contributed by atoms with E-state index in [-0.39, 0.29) is 6.61 Å². The topological polar surface area (TPSA) is 79.0 Å². The van der Waals surface area contributed by atoms with Gasteiger partial charge in [-0.1, -0.05) is 109 Å². The Morgan fingerprint density at radius 2 is 1.41 bits per heavy atom. The molecule has 3 rings (SSSR count). The van der Waals surface area contributed by atoms with Gasteiger partial charge >= 0.3 is 5.97 Å². The van der Waals surface area contributed by atoms with Gasteiger partial charge in [0.15, 0.2) is 5.00 Å². The van der Waals surface area contributed by atoms with Crippen molar-refractivity contribution >= 4 is 44.4 Å². The first kappa shape index (κ1) is 40.0. The molecule has 0 amide bonds. The Labute approximate surface area is 300 Å². The van der Waals surface area contributed by atoms with Crippen LogP contribution < -0.4 is 4.90 Å². The van der Waals surface area contributed by atoms with Crippen LogP contribution in [-0.4, -0.2) is 25.7 Å². The van der Waals surface area contributed by atoms with E-state index < -0.39 is 5.97 Å². The molecule has 0 aliphatic carbocycles. The molecule has 0 radical (unpaired) electrons. The molecule has 2 aromatic carbocycles. The molecule has 0 aliphatic rings. The van der Waals surface area contributed by atoms with Crippen LogP contribution in [0.4, 0.5) is 27.1 Å². The van der Waals surface area contributed by atoms with Gasteiger partial charge in [-0.25, -0.2) is 4.79 Å². The molecule has 0 fully saturated rings. The van der Waals surface area contributed by atoms with Crippen molar-refractivity contribution in [3.63, 3.8) is 0 Å². The van der Waals surface area contributed by atoms with Gasteiger partial charge in [-0.05, 0) is 98.9 Å². The lowest BCUT2D eigenvalue weighted by molar-refractivity contribution is 0.0528. The van der Waals surface area contributed by atoms with Crippen LogP contribution in [-0.2, 0) is 11.2 Å². The summed E-state index contributed by atoms with van der Waals surface area (Å²) in [6.45, 7) is 17.8. The average molecular weight is 688 g/mol. The van der Waals surface area contributed by atoms with Gasteiger partial charge in [0.25, 0.3) is 0 Å². The van der Waals surface area contributed by atoms with Crippen molar-refractivity contribution < 1.29 is 9.53 Å². The summed E-state index contributed by atoms with van der Waals surface area (Å²) in [6.07, 6.45) is 14.7. The summed E-state index contributed by atoms with van der Waals surface area (Å²) in [6, 6.07) is 16.4. The number of carbonyl (C=O) groups is 1. The summed E-state index contributed by atoms with van der Waals surface area (Å²) in [7, 11) is 0. The van der Waals surface area contributed by atoms with Gasteiger partial charge in [0.1, 0.15) is 10.6 Å². The monoisotopic (exact) mass is 687 g/mol. The van der Waals surface area contributed by atoms with Gasteiger partial charge in [-0.2, -0.15) is 0 Å². The molecule has 268 valence electrons. The van der Waals surface area contributed by atoms with E-state index in [9.17, 15) is 4.79 Å². The molecule has 0 saturated carbocycles. The van der Waals surface area contributed by atoms with Crippen LogP contribution >= 0.6 is 11.3 Å². The van der Waals surface area contributed by atoms with Crippen molar-refractivity contribution in [2.75, 3.05) is 24.6 Å². The maximum atomic E-state index is 12.9. The second-order valence-electron chi connectivity index (χ2n) is 13.3. The maximum Gasteiger partial charge on any atom is 0.341 e. The number of hydrogen-bond acceptors (Lipinski definition) is 8. The number of rotatable bonds is 23. The van der Waals surface area contributed by atoms with Gasteiger partial charge in [0, 0.05) is 18.8 Å². The average Bonchev–Trinajstić information content (AvgIpc) is 3.53. The van der Waals surface area contributed by atoms with Crippen LogP contribution in [0.1, 0.15) is 134 Å². The standard InChI is InChI=1S/C41H61N5O2S/c1-8-14-17-20-34-21-23-35(24-22-34)42-44-39-28-37(41(47)48-13-6)40(49-39)45-43-38-26-25-36(27-31(38)7)46(29-32(11-4)18-15-9-2)30-33(12-5)19-16-10-3/h21-28,32-33H,8-20,29-30H2,1-7H3. The van der Waals surface area contributed by atoms with E-state index in [0.29, 0.717) is 27.4 Å². The van der Waals surface area contributed by atoms with Gasteiger partial charge in [0.05, 0.1) is 18.0 Å². The smallest absolute Gasteiger partial charge is 0.341 e. The number of carbonyl (C=O) groups excluding carboxylic acids is 1. The van der Waals surface area contributed by atoms with E-state index in [2.05, 4.69) is 97.2 Å². The quantitative estimate of drug-likeness (QED) is 0.0565. The van der Waals surface area contributed by atoms with E-state index in [4.69, 9.17) is 4.74 Å². The summed E-state index contributed by atoms with van der Waals surface area (Å²) >= 11 is 1.28. The number of ether oxygens (including phenoxy) is 1. The highest BCUT2D eigenvalue weighted by molar-refractivity contribution is 7.19. The van der Waals surface area contributed by atoms with Crippen LogP contribution in [0.2, 0.25) is 0 Å². The molecule has 49 heavy (non-hydrogen) atoms. The predicted octanol–water partition coefficient (Wildman–Crippen LogP) is 14.0. The molecule has 0 bridgehead atoms. The Balaban J connectivity index is 1.84. The number of thiophene rings is 1. The summed E-state index contributed by atoms with van der Waals surface area (Å²) in [4.78, 5) is 15.5. The van der Waals surface area contributed by atoms with Gasteiger partial charge in [-0.3, -0.25) is 0 Å². The Morgan fingerprint density at radius 3 is 1.98 bits per heavy atom. The zero-order chi connectivity index (χ0) is 35.4. The third kappa shape index (κ3) is 13.4. The SMILES string of the molecule is CCCCCc1ccc(N=Nc2cc(C(=O)OCC)c(N=Nc3ccc(N(CC(CC)CCCC)CC(CC)CCCC)cc3C)s2)cc1. The first-order valence-electron chi connectivity index (χ1n) is 18.9. The minimum atomic E-state index is -0.435. The first-order valence-corrected chi connectivity index (χ1v) is 19.8. The molecule has 1 heterocycles. The zero-order valence-corrected chi connectivity index (χ0v) is 32.2. The lowest BCUT2D eigenvalue weighted by atomic mass is 9.95. The summed E-state index contributed by atoms with van der Waals surface area (Å²) in [5, 5.41) is 19.1. The predicted molar refractivity (Wildman–Crippen MR) is 208 cm³/mol. The molecule has 0 aliphatic heterocycles. The highest BCUT2D eigenvalue weighted by atomic mass is 32.1. The van der Waals surface area contributed by atoms with Crippen molar-refractivity contribution in [3.05, 3.63) is 65.2 Å². The second kappa shape index (κ2) is 22.4. The third-order valence-corrected chi connectivity index (χ3v) is 10.2. The van der Waals surface area contributed by atoms with Gasteiger partial charge in [-0.15, -0.1) is 20.5 Å². The number of esters is 1. The van der Waals surface area contributed by atoms with Crippen molar-refractivity contribution in [1.82, 2.24) is 0 Å². The normalized spacial score (nSPS) is 13.0. The minimum absolute atomic E-state index is 0.276. The Bertz CT molecular complexity index is 1430. The van der Waals surface area contributed by atoms with Crippen molar-refractivity contribution in [1.29, 1.82) is 0 Å². The molecule has 8 heteroatoms. The van der Waals surface area contributed by atoms with E-state index >= 15 is 0 Å². The van der Waals surface area contributed by atoms with Gasteiger partial charge < -0.3 is 9.64 Å². The lowest BCUT2D eigenvalue weighted by Gasteiger charge is -2.33. The molecule has 2 unspecified atom stereocenters. The Morgan fingerprint density at radius 1 is 0.755 bits per heavy atom. The minimum Gasteiger partial charge on any atom is -0.462 e. The molecule has 2 atom stereocenters. The highest BCUT2D eigenvalue weighted by Crippen LogP contribution is 2.39. The van der Waals surface area contributed by atoms with Crippen LogP contribution in [0.25, 0.3) is 0 Å². The Hall–Kier alpha value is -3.39. The number of aryl methyl sites for hydroxylation is 2. The van der Waals surface area contributed by atoms with Crippen LogP contribution in [0.3, 0.4) is 0 Å². The fraction of sp³-hybridized carbons (Fsp3) is 0.585. The number of anilines is 1. The number of benzene rings is 2. The Kier molecular flexibility index (Phi) is 18.3. The molecule has 0 spiro atoms.